The molecule has 1 N–H and O–H groups in total. The Labute approximate surface area is 120 Å². The molecule has 0 aromatic heterocycles. The molecule has 0 atom stereocenters. The fraction of sp³-hybridized carbons (Fsp3) is 0.500. The lowest BCUT2D eigenvalue weighted by Crippen LogP contribution is -2.36. The van der Waals surface area contributed by atoms with Crippen molar-refractivity contribution in [2.75, 3.05) is 11.9 Å². The van der Waals surface area contributed by atoms with Crippen molar-refractivity contribution in [1.82, 2.24) is 5.32 Å². The second-order valence-electron chi connectivity index (χ2n) is 5.36. The molecule has 4 heteroatoms. The number of nitrogens with zero attached hydrogens (tertiary/aromatic N) is 1. The van der Waals surface area contributed by atoms with E-state index >= 15 is 0 Å². The molecule has 2 amide bonds. The van der Waals surface area contributed by atoms with Crippen LogP contribution >= 0.6 is 0 Å². The van der Waals surface area contributed by atoms with Crippen LogP contribution in [0.4, 0.5) is 5.69 Å². The molecule has 0 aliphatic carbocycles. The third-order valence-electron chi connectivity index (χ3n) is 4.35. The number of anilines is 1. The third kappa shape index (κ3) is 2.24. The van der Waals surface area contributed by atoms with Crippen LogP contribution in [0.1, 0.15) is 38.7 Å². The van der Waals surface area contributed by atoms with Gasteiger partial charge >= 0.3 is 0 Å². The molecule has 1 fully saturated rings. The summed E-state index contributed by atoms with van der Waals surface area (Å²) in [5.74, 6) is -0.127. The molecule has 0 spiro atoms. The number of carbonyl (C=O) groups is 2. The number of para-hydroxylation sites is 1. The van der Waals surface area contributed by atoms with E-state index in [2.05, 4.69) is 5.32 Å². The SMILES string of the molecule is CCC1(CC)CC(=O)N(c2ccccc2CNC)C1=O. The summed E-state index contributed by atoms with van der Waals surface area (Å²) < 4.78 is 0. The monoisotopic (exact) mass is 274 g/mol. The highest BCUT2D eigenvalue weighted by Gasteiger charge is 2.49. The lowest BCUT2D eigenvalue weighted by Gasteiger charge is -2.24. The van der Waals surface area contributed by atoms with Crippen molar-refractivity contribution in [1.29, 1.82) is 0 Å². The summed E-state index contributed by atoms with van der Waals surface area (Å²) in [6, 6.07) is 7.59. The quantitative estimate of drug-likeness (QED) is 0.839. The van der Waals surface area contributed by atoms with Gasteiger partial charge in [0.1, 0.15) is 0 Å². The Kier molecular flexibility index (Phi) is 4.23. The van der Waals surface area contributed by atoms with Gasteiger partial charge in [0.25, 0.3) is 0 Å². The predicted octanol–water partition coefficient (Wildman–Crippen LogP) is 2.48. The minimum atomic E-state index is -0.510. The molecule has 1 aromatic carbocycles. The highest BCUT2D eigenvalue weighted by atomic mass is 16.2. The van der Waals surface area contributed by atoms with Crippen LogP contribution in [0.3, 0.4) is 0 Å². The van der Waals surface area contributed by atoms with Crippen LogP contribution in [0.15, 0.2) is 24.3 Å². The molecular formula is C16H22N2O2. The van der Waals surface area contributed by atoms with Crippen LogP contribution in [-0.4, -0.2) is 18.9 Å². The van der Waals surface area contributed by atoms with Crippen LogP contribution in [0, 0.1) is 5.41 Å². The van der Waals surface area contributed by atoms with E-state index < -0.39 is 5.41 Å². The highest BCUT2D eigenvalue weighted by Crippen LogP contribution is 2.41. The van der Waals surface area contributed by atoms with Gasteiger partial charge in [-0.15, -0.1) is 0 Å². The van der Waals surface area contributed by atoms with Gasteiger partial charge in [0.05, 0.1) is 11.1 Å². The molecule has 1 aromatic rings. The number of hydrogen-bond donors (Lipinski definition) is 1. The van der Waals surface area contributed by atoms with Crippen LogP contribution in [0.25, 0.3) is 0 Å². The first kappa shape index (κ1) is 14.7. The lowest BCUT2D eigenvalue weighted by atomic mass is 9.81. The number of hydrogen-bond acceptors (Lipinski definition) is 3. The van der Waals surface area contributed by atoms with Gasteiger partial charge in [0.15, 0.2) is 0 Å². The van der Waals surface area contributed by atoms with E-state index in [9.17, 15) is 9.59 Å². The van der Waals surface area contributed by atoms with Gasteiger partial charge in [-0.2, -0.15) is 0 Å². The second kappa shape index (κ2) is 5.75. The fourth-order valence-corrected chi connectivity index (χ4v) is 2.91. The molecule has 0 bridgehead atoms. The minimum Gasteiger partial charge on any atom is -0.316 e. The molecule has 0 unspecified atom stereocenters. The van der Waals surface area contributed by atoms with Gasteiger partial charge in [-0.3, -0.25) is 9.59 Å². The highest BCUT2D eigenvalue weighted by molar-refractivity contribution is 6.22. The molecule has 1 aliphatic rings. The molecule has 1 saturated heterocycles. The van der Waals surface area contributed by atoms with Gasteiger partial charge in [-0.25, -0.2) is 4.90 Å². The van der Waals surface area contributed by atoms with Gasteiger partial charge in [-0.05, 0) is 31.5 Å². The Balaban J connectivity index is 2.43. The van der Waals surface area contributed by atoms with E-state index in [0.717, 1.165) is 11.3 Å². The summed E-state index contributed by atoms with van der Waals surface area (Å²) in [5, 5.41) is 3.08. The van der Waals surface area contributed by atoms with Crippen molar-refractivity contribution < 1.29 is 9.59 Å². The molecule has 1 heterocycles. The average Bonchev–Trinajstić information content (AvgIpc) is 2.71. The maximum Gasteiger partial charge on any atom is 0.240 e. The van der Waals surface area contributed by atoms with Crippen LogP contribution in [0.2, 0.25) is 0 Å². The van der Waals surface area contributed by atoms with Crippen molar-refractivity contribution >= 4 is 17.5 Å². The summed E-state index contributed by atoms with van der Waals surface area (Å²) >= 11 is 0. The van der Waals surface area contributed by atoms with Gasteiger partial charge in [0.2, 0.25) is 11.8 Å². The number of rotatable bonds is 5. The largest absolute Gasteiger partial charge is 0.316 e. The van der Waals surface area contributed by atoms with Crippen molar-refractivity contribution in [3.8, 4) is 0 Å². The topological polar surface area (TPSA) is 49.4 Å². The minimum absolute atomic E-state index is 0.0453. The Morgan fingerprint density at radius 3 is 2.40 bits per heavy atom. The number of carbonyl (C=O) groups excluding carboxylic acids is 2. The number of benzene rings is 1. The molecule has 20 heavy (non-hydrogen) atoms. The van der Waals surface area contributed by atoms with E-state index in [4.69, 9.17) is 0 Å². The van der Waals surface area contributed by atoms with E-state index in [1.807, 2.05) is 45.2 Å². The smallest absolute Gasteiger partial charge is 0.240 e. The Morgan fingerprint density at radius 2 is 1.85 bits per heavy atom. The normalized spacial score (nSPS) is 17.9. The molecule has 108 valence electrons. The first-order chi connectivity index (χ1) is 9.59. The molecular weight excluding hydrogens is 252 g/mol. The van der Waals surface area contributed by atoms with Crippen molar-refractivity contribution in [3.05, 3.63) is 29.8 Å². The van der Waals surface area contributed by atoms with E-state index in [0.29, 0.717) is 25.8 Å². The van der Waals surface area contributed by atoms with Crippen LogP contribution in [0.5, 0.6) is 0 Å². The van der Waals surface area contributed by atoms with Gasteiger partial charge in [0, 0.05) is 13.0 Å². The standard InChI is InChI=1S/C16H22N2O2/c1-4-16(5-2)10-14(19)18(15(16)20)13-9-7-6-8-12(13)11-17-3/h6-9,17H,4-5,10-11H2,1-3H3. The zero-order valence-electron chi connectivity index (χ0n) is 12.4. The summed E-state index contributed by atoms with van der Waals surface area (Å²) in [6.45, 7) is 4.61. The lowest BCUT2D eigenvalue weighted by molar-refractivity contribution is -0.126. The van der Waals surface area contributed by atoms with E-state index in [1.54, 1.807) is 0 Å². The van der Waals surface area contributed by atoms with Gasteiger partial charge in [-0.1, -0.05) is 32.0 Å². The zero-order valence-corrected chi connectivity index (χ0v) is 12.4. The van der Waals surface area contributed by atoms with E-state index in [-0.39, 0.29) is 11.8 Å². The fourth-order valence-electron chi connectivity index (χ4n) is 2.91. The Morgan fingerprint density at radius 1 is 1.20 bits per heavy atom. The third-order valence-corrected chi connectivity index (χ3v) is 4.35. The maximum absolute atomic E-state index is 12.7. The number of imide groups is 1. The van der Waals surface area contributed by atoms with Crippen LogP contribution < -0.4 is 10.2 Å². The van der Waals surface area contributed by atoms with Gasteiger partial charge < -0.3 is 5.32 Å². The maximum atomic E-state index is 12.7. The van der Waals surface area contributed by atoms with Crippen molar-refractivity contribution in [2.45, 2.75) is 39.7 Å². The summed E-state index contributed by atoms with van der Waals surface area (Å²) in [5.41, 5.74) is 1.18. The number of nitrogens with one attached hydrogen (secondary N) is 1. The van der Waals surface area contributed by atoms with Crippen molar-refractivity contribution in [2.24, 2.45) is 5.41 Å². The second-order valence-corrected chi connectivity index (χ2v) is 5.36. The summed E-state index contributed by atoms with van der Waals surface area (Å²) in [6.07, 6.45) is 1.74. The molecule has 0 saturated carbocycles. The Hall–Kier alpha value is -1.68. The molecule has 4 nitrogen and oxygen atoms in total. The first-order valence-corrected chi connectivity index (χ1v) is 7.19. The molecule has 0 radical (unpaired) electrons. The van der Waals surface area contributed by atoms with Crippen molar-refractivity contribution in [3.63, 3.8) is 0 Å². The molecule has 1 aliphatic heterocycles. The van der Waals surface area contributed by atoms with E-state index in [1.165, 1.54) is 4.90 Å². The predicted molar refractivity (Wildman–Crippen MR) is 79.3 cm³/mol. The number of amides is 2. The Bertz CT molecular complexity index is 521. The molecule has 2 rings (SSSR count). The average molecular weight is 274 g/mol. The zero-order chi connectivity index (χ0) is 14.8. The first-order valence-electron chi connectivity index (χ1n) is 7.19. The summed E-state index contributed by atoms with van der Waals surface area (Å²) in [7, 11) is 1.85. The summed E-state index contributed by atoms with van der Waals surface area (Å²) in [4.78, 5) is 26.5. The van der Waals surface area contributed by atoms with Crippen LogP contribution in [-0.2, 0) is 16.1 Å².